The third-order valence-corrected chi connectivity index (χ3v) is 2.10. The van der Waals surface area contributed by atoms with Crippen LogP contribution in [0.4, 0.5) is 10.1 Å². The molecule has 0 heterocycles. The number of aliphatic hydroxyl groups is 1. The van der Waals surface area contributed by atoms with Crippen LogP contribution in [0, 0.1) is 15.9 Å². The number of nitro benzene ring substituents is 1. The van der Waals surface area contributed by atoms with Gasteiger partial charge in [-0.15, -0.1) is 0 Å². The van der Waals surface area contributed by atoms with Gasteiger partial charge < -0.3 is 9.84 Å². The second-order valence-electron chi connectivity index (χ2n) is 4.28. The Balaban J connectivity index is 2.62. The van der Waals surface area contributed by atoms with Gasteiger partial charge in [-0.1, -0.05) is 0 Å². The Hall–Kier alpha value is -1.69. The van der Waals surface area contributed by atoms with Crippen LogP contribution < -0.4 is 4.74 Å². The minimum Gasteiger partial charge on any atom is -0.493 e. The molecule has 0 aliphatic heterocycles. The van der Waals surface area contributed by atoms with Crippen molar-refractivity contribution in [3.8, 4) is 5.75 Å². The lowest BCUT2D eigenvalue weighted by Crippen LogP contribution is -2.21. The van der Waals surface area contributed by atoms with Crippen LogP contribution in [0.15, 0.2) is 18.2 Å². The zero-order valence-electron chi connectivity index (χ0n) is 9.64. The Morgan fingerprint density at radius 2 is 2.18 bits per heavy atom. The van der Waals surface area contributed by atoms with E-state index in [4.69, 9.17) is 4.74 Å². The molecule has 0 aliphatic carbocycles. The predicted octanol–water partition coefficient (Wildman–Crippen LogP) is 2.27. The first-order chi connectivity index (χ1) is 7.79. The Bertz CT molecular complexity index is 414. The zero-order valence-corrected chi connectivity index (χ0v) is 9.64. The summed E-state index contributed by atoms with van der Waals surface area (Å²) in [6, 6.07) is 3.34. The summed E-state index contributed by atoms with van der Waals surface area (Å²) in [6.07, 6.45) is 0.381. The molecule has 1 N–H and O–H groups in total. The fourth-order valence-electron chi connectivity index (χ4n) is 1.14. The molecule has 0 radical (unpaired) electrons. The molecular weight excluding hydrogens is 229 g/mol. The van der Waals surface area contributed by atoms with Gasteiger partial charge in [0.15, 0.2) is 0 Å². The van der Waals surface area contributed by atoms with Crippen molar-refractivity contribution < 1.29 is 19.2 Å². The molecule has 0 unspecified atom stereocenters. The van der Waals surface area contributed by atoms with Crippen LogP contribution in [0.3, 0.4) is 0 Å². The van der Waals surface area contributed by atoms with E-state index in [-0.39, 0.29) is 12.4 Å². The molecule has 0 saturated heterocycles. The fraction of sp³-hybridized carbons (Fsp3) is 0.455. The molecule has 0 saturated carbocycles. The topological polar surface area (TPSA) is 72.6 Å². The number of halogens is 1. The number of benzene rings is 1. The number of rotatable bonds is 5. The minimum absolute atomic E-state index is 0.206. The lowest BCUT2D eigenvalue weighted by molar-refractivity contribution is -0.387. The third kappa shape index (κ3) is 4.36. The summed E-state index contributed by atoms with van der Waals surface area (Å²) in [5.41, 5.74) is -1.45. The summed E-state index contributed by atoms with van der Waals surface area (Å²) < 4.78 is 18.4. The number of ether oxygens (including phenoxy) is 1. The van der Waals surface area contributed by atoms with E-state index in [2.05, 4.69) is 0 Å². The lowest BCUT2D eigenvalue weighted by Gasteiger charge is -2.16. The van der Waals surface area contributed by atoms with E-state index in [9.17, 15) is 19.6 Å². The molecule has 6 heteroatoms. The summed E-state index contributed by atoms with van der Waals surface area (Å²) in [5, 5.41) is 19.8. The van der Waals surface area contributed by atoms with Gasteiger partial charge in [0.05, 0.1) is 17.1 Å². The quantitative estimate of drug-likeness (QED) is 0.636. The molecule has 0 fully saturated rings. The summed E-state index contributed by atoms with van der Waals surface area (Å²) in [4.78, 5) is 9.57. The summed E-state index contributed by atoms with van der Waals surface area (Å²) in [7, 11) is 0. The van der Waals surface area contributed by atoms with E-state index in [1.165, 1.54) is 6.07 Å². The number of nitro groups is 1. The van der Waals surface area contributed by atoms with Crippen LogP contribution in [-0.2, 0) is 0 Å². The summed E-state index contributed by atoms with van der Waals surface area (Å²) in [5.74, 6) is -0.729. The monoisotopic (exact) mass is 243 g/mol. The Labute approximate surface area is 98.0 Å². The molecule has 5 nitrogen and oxygen atoms in total. The molecule has 0 aromatic heterocycles. The largest absolute Gasteiger partial charge is 0.493 e. The Morgan fingerprint density at radius 1 is 1.53 bits per heavy atom. The maximum atomic E-state index is 13.2. The summed E-state index contributed by atoms with van der Waals surface area (Å²) >= 11 is 0. The third-order valence-electron chi connectivity index (χ3n) is 2.10. The van der Waals surface area contributed by atoms with Crippen LogP contribution >= 0.6 is 0 Å². The highest BCUT2D eigenvalue weighted by molar-refractivity contribution is 5.37. The minimum atomic E-state index is -0.934. The predicted molar refractivity (Wildman–Crippen MR) is 59.5 cm³/mol. The Morgan fingerprint density at radius 3 is 2.65 bits per heavy atom. The maximum absolute atomic E-state index is 13.2. The van der Waals surface area contributed by atoms with Gasteiger partial charge >= 0.3 is 5.69 Å². The van der Waals surface area contributed by atoms with Crippen molar-refractivity contribution >= 4 is 5.69 Å². The van der Waals surface area contributed by atoms with E-state index in [0.717, 1.165) is 12.1 Å². The first kappa shape index (κ1) is 13.4. The lowest BCUT2D eigenvalue weighted by atomic mass is 10.1. The highest BCUT2D eigenvalue weighted by atomic mass is 19.1. The molecule has 1 aromatic carbocycles. The fourth-order valence-corrected chi connectivity index (χ4v) is 1.14. The highest BCUT2D eigenvalue weighted by Crippen LogP contribution is 2.22. The smallest absolute Gasteiger partial charge is 0.305 e. The maximum Gasteiger partial charge on any atom is 0.305 e. The van der Waals surface area contributed by atoms with Crippen molar-refractivity contribution in [1.82, 2.24) is 0 Å². The second kappa shape index (κ2) is 5.09. The normalized spacial score (nSPS) is 11.3. The molecule has 0 bridgehead atoms. The van der Waals surface area contributed by atoms with Crippen molar-refractivity contribution in [3.05, 3.63) is 34.1 Å². The molecule has 0 amide bonds. The van der Waals surface area contributed by atoms with Crippen molar-refractivity contribution in [2.45, 2.75) is 25.9 Å². The number of hydrogen-bond acceptors (Lipinski definition) is 4. The van der Waals surface area contributed by atoms with Crippen molar-refractivity contribution in [2.24, 2.45) is 0 Å². The van der Waals surface area contributed by atoms with Crippen LogP contribution in [0.1, 0.15) is 20.3 Å². The van der Waals surface area contributed by atoms with Crippen molar-refractivity contribution in [2.75, 3.05) is 6.61 Å². The first-order valence-corrected chi connectivity index (χ1v) is 5.09. The van der Waals surface area contributed by atoms with E-state index in [1.54, 1.807) is 13.8 Å². The van der Waals surface area contributed by atoms with Crippen molar-refractivity contribution in [1.29, 1.82) is 0 Å². The number of hydrogen-bond donors (Lipinski definition) is 1. The van der Waals surface area contributed by atoms with Crippen LogP contribution in [0.2, 0.25) is 0 Å². The Kier molecular flexibility index (Phi) is 4.01. The van der Waals surface area contributed by atoms with Gasteiger partial charge in [0.25, 0.3) is 0 Å². The zero-order chi connectivity index (χ0) is 13.1. The molecule has 0 aliphatic rings. The van der Waals surface area contributed by atoms with Gasteiger partial charge in [0.1, 0.15) is 5.75 Å². The van der Waals surface area contributed by atoms with Gasteiger partial charge in [0.2, 0.25) is 5.82 Å². The van der Waals surface area contributed by atoms with E-state index in [0.29, 0.717) is 6.42 Å². The molecular formula is C11H14FNO4. The summed E-state index contributed by atoms with van der Waals surface area (Å²) in [6.45, 7) is 3.47. The molecule has 0 spiro atoms. The highest BCUT2D eigenvalue weighted by Gasteiger charge is 2.15. The van der Waals surface area contributed by atoms with Gasteiger partial charge in [-0.2, -0.15) is 4.39 Å². The molecule has 1 aromatic rings. The van der Waals surface area contributed by atoms with Gasteiger partial charge in [-0.05, 0) is 19.9 Å². The van der Waals surface area contributed by atoms with Crippen molar-refractivity contribution in [3.63, 3.8) is 0 Å². The molecule has 1 rings (SSSR count). The standard InChI is InChI=1S/C11H14FNO4/c1-11(2,14)5-6-17-8-3-4-10(13(15)16)9(12)7-8/h3-4,7,14H,5-6H2,1-2H3. The van der Waals surface area contributed by atoms with Gasteiger partial charge in [-0.3, -0.25) is 10.1 Å². The molecule has 0 atom stereocenters. The van der Waals surface area contributed by atoms with E-state index < -0.39 is 22.0 Å². The second-order valence-corrected chi connectivity index (χ2v) is 4.28. The van der Waals surface area contributed by atoms with E-state index >= 15 is 0 Å². The molecule has 17 heavy (non-hydrogen) atoms. The van der Waals surface area contributed by atoms with E-state index in [1.807, 2.05) is 0 Å². The molecule has 94 valence electrons. The number of nitrogens with zero attached hydrogens (tertiary/aromatic N) is 1. The SMILES string of the molecule is CC(C)(O)CCOc1ccc([N+](=O)[O-])c(F)c1. The average Bonchev–Trinajstić information content (AvgIpc) is 2.15. The van der Waals surface area contributed by atoms with Crippen LogP contribution in [0.5, 0.6) is 5.75 Å². The first-order valence-electron chi connectivity index (χ1n) is 5.09. The van der Waals surface area contributed by atoms with Gasteiger partial charge in [-0.25, -0.2) is 0 Å². The van der Waals surface area contributed by atoms with Crippen LogP contribution in [0.25, 0.3) is 0 Å². The van der Waals surface area contributed by atoms with Crippen LogP contribution in [-0.4, -0.2) is 22.2 Å². The van der Waals surface area contributed by atoms with Gasteiger partial charge in [0, 0.05) is 18.6 Å². The average molecular weight is 243 g/mol.